The molecule has 2 aliphatic rings. The van der Waals surface area contributed by atoms with Crippen LogP contribution in [0.1, 0.15) is 76.3 Å². The topological polar surface area (TPSA) is 279 Å². The normalized spacial score (nSPS) is 20.4. The number of methoxy groups -OCH3 is 1. The first-order chi connectivity index (χ1) is 27.9. The maximum Gasteiger partial charge on any atom is 0.294 e. The van der Waals surface area contributed by atoms with Crippen molar-refractivity contribution in [1.29, 1.82) is 0 Å². The Morgan fingerprint density at radius 3 is 1.92 bits per heavy atom. The van der Waals surface area contributed by atoms with E-state index in [0.717, 1.165) is 0 Å². The molecule has 0 fully saturated rings. The van der Waals surface area contributed by atoms with E-state index in [1.54, 1.807) is 44.2 Å². The van der Waals surface area contributed by atoms with Crippen molar-refractivity contribution in [1.82, 2.24) is 0 Å². The third-order valence-electron chi connectivity index (χ3n) is 10.8. The predicted octanol–water partition coefficient (Wildman–Crippen LogP) is 5.15. The fourth-order valence-electron chi connectivity index (χ4n) is 7.92. The molecule has 2 unspecified atom stereocenters. The molecule has 2 aromatic carbocycles. The van der Waals surface area contributed by atoms with E-state index >= 15 is 0 Å². The van der Waals surface area contributed by atoms with Crippen LogP contribution in [0.15, 0.2) is 87.4 Å². The van der Waals surface area contributed by atoms with Crippen molar-refractivity contribution < 1.29 is 66.0 Å². The number of hydrogen-bond donors (Lipinski definition) is 4. The summed E-state index contributed by atoms with van der Waals surface area (Å²) in [5.41, 5.74) is 1.30. The van der Waals surface area contributed by atoms with Gasteiger partial charge in [-0.3, -0.25) is 23.0 Å². The highest BCUT2D eigenvalue weighted by Gasteiger charge is 2.48. The van der Waals surface area contributed by atoms with Crippen LogP contribution in [0.2, 0.25) is 0 Å². The van der Waals surface area contributed by atoms with E-state index in [9.17, 15) is 61.6 Å². The van der Waals surface area contributed by atoms with Crippen molar-refractivity contribution in [2.45, 2.75) is 85.8 Å². The molecular weight excluding hydrogens is 867 g/mol. The number of unbranched alkanes of at least 4 members (excludes halogenated alkanes) is 2. The van der Waals surface area contributed by atoms with Crippen LogP contribution in [0.3, 0.4) is 0 Å². The number of amides is 1. The lowest BCUT2D eigenvalue weighted by atomic mass is 9.76. The largest absolute Gasteiger partial charge is 0.378 e. The molecule has 4 N–H and O–H groups in total. The standard InChI is InChI=1S/C38H49N3O15S4/c1-37(19-10-24-57(44,45)46)30-26-28(59(50,51)52)15-17-32(30)40(21-9-5-8-14-36(42)39-43)34(37)12-6-4-7-13-35-38(2,20-11-25-58(47,48)49)31-27-29(60(53,54)55)16-18-33(31)41(35)22-23-56-3/h4,6-7,12-13,15-18,26-27H,5,8-11,14,19-25H2,1-3H3,(H3-,44,45,46,47,48,49,50,51,52,53,54,55)/p+1. The molecule has 2 heterocycles. The molecule has 22 heteroatoms. The molecule has 2 aromatic rings. The van der Waals surface area contributed by atoms with Gasteiger partial charge in [0.15, 0.2) is 12.3 Å². The quantitative estimate of drug-likeness (QED) is 0.0391. The number of benzene rings is 2. The van der Waals surface area contributed by atoms with Crippen molar-refractivity contribution in [2.24, 2.45) is 5.18 Å². The van der Waals surface area contributed by atoms with Crippen molar-refractivity contribution in [2.75, 3.05) is 43.2 Å². The summed E-state index contributed by atoms with van der Waals surface area (Å²) in [4.78, 5) is 23.2. The van der Waals surface area contributed by atoms with E-state index in [2.05, 4.69) is 5.18 Å². The molecule has 0 saturated carbocycles. The average Bonchev–Trinajstić information content (AvgIpc) is 3.51. The number of ether oxygens (including phenoxy) is 1. The predicted molar refractivity (Wildman–Crippen MR) is 223 cm³/mol. The maximum absolute atomic E-state index is 12.2. The number of rotatable bonds is 22. The zero-order valence-electron chi connectivity index (χ0n) is 33.3. The Morgan fingerprint density at radius 1 is 0.767 bits per heavy atom. The van der Waals surface area contributed by atoms with E-state index in [1.165, 1.54) is 43.5 Å². The monoisotopic (exact) mass is 916 g/mol. The Labute approximate surface area is 350 Å². The zero-order chi connectivity index (χ0) is 44.7. The van der Waals surface area contributed by atoms with Gasteiger partial charge in [0.1, 0.15) is 6.61 Å². The second kappa shape index (κ2) is 19.4. The number of nitrogens with zero attached hydrogens (tertiary/aromatic N) is 3. The smallest absolute Gasteiger partial charge is 0.294 e. The molecule has 0 aliphatic carbocycles. The zero-order valence-corrected chi connectivity index (χ0v) is 36.6. The molecule has 4 rings (SSSR count). The summed E-state index contributed by atoms with van der Waals surface area (Å²) in [5, 5.41) is 2.42. The van der Waals surface area contributed by atoms with E-state index in [-0.39, 0.29) is 48.5 Å². The lowest BCUT2D eigenvalue weighted by Gasteiger charge is -2.30. The van der Waals surface area contributed by atoms with Crippen molar-refractivity contribution >= 4 is 63.5 Å². The molecule has 0 saturated heterocycles. The van der Waals surface area contributed by atoms with Gasteiger partial charge in [-0.15, -0.1) is 4.91 Å². The first kappa shape index (κ1) is 48.7. The molecule has 18 nitrogen and oxygen atoms in total. The Balaban J connectivity index is 1.81. The third kappa shape index (κ3) is 12.1. The Morgan fingerprint density at radius 2 is 1.35 bits per heavy atom. The number of carbonyl (C=O) groups excluding carboxylic acids is 1. The van der Waals surface area contributed by atoms with Gasteiger partial charge in [0, 0.05) is 59.8 Å². The molecule has 330 valence electrons. The minimum absolute atomic E-state index is 0.00158. The number of hydrogen-bond acceptors (Lipinski definition) is 12. The fourth-order valence-corrected chi connectivity index (χ4v) is 9.95. The van der Waals surface area contributed by atoms with Gasteiger partial charge in [-0.1, -0.05) is 24.6 Å². The summed E-state index contributed by atoms with van der Waals surface area (Å²) in [7, 11) is -16.4. The van der Waals surface area contributed by atoms with Crippen LogP contribution in [0.5, 0.6) is 0 Å². The summed E-state index contributed by atoms with van der Waals surface area (Å²) in [6.07, 6.45) is 10.2. The Bertz CT molecular complexity index is 2550. The Kier molecular flexibility index (Phi) is 15.7. The molecule has 0 bridgehead atoms. The Hall–Kier alpha value is -4.00. The number of fused-ring (bicyclic) bond motifs is 2. The van der Waals surface area contributed by atoms with Crippen LogP contribution in [-0.4, -0.2) is 106 Å². The number of nitroso groups, excluding NO2 is 1. The molecular formula is C38H50N3O15S4+. The van der Waals surface area contributed by atoms with Gasteiger partial charge in [0.05, 0.1) is 26.7 Å². The van der Waals surface area contributed by atoms with Crippen LogP contribution in [-0.2, 0) is 60.8 Å². The molecule has 0 spiro atoms. The van der Waals surface area contributed by atoms with Gasteiger partial charge in [0.2, 0.25) is 5.69 Å². The van der Waals surface area contributed by atoms with Gasteiger partial charge < -0.3 is 9.64 Å². The number of carbonyl (C=O) groups is 1. The second-order valence-electron chi connectivity index (χ2n) is 15.0. The van der Waals surface area contributed by atoms with E-state index < -0.39 is 68.7 Å². The molecule has 2 aliphatic heterocycles. The highest BCUT2D eigenvalue weighted by Crippen LogP contribution is 2.51. The van der Waals surface area contributed by atoms with Crippen LogP contribution >= 0.6 is 0 Å². The second-order valence-corrected chi connectivity index (χ2v) is 21.0. The molecule has 2 atom stereocenters. The number of anilines is 1. The summed E-state index contributed by atoms with van der Waals surface area (Å²) in [6, 6.07) is 8.22. The van der Waals surface area contributed by atoms with Crippen LogP contribution in [0.25, 0.3) is 0 Å². The van der Waals surface area contributed by atoms with Crippen LogP contribution in [0.4, 0.5) is 11.4 Å². The van der Waals surface area contributed by atoms with Crippen LogP contribution < -0.4 is 4.90 Å². The summed E-state index contributed by atoms with van der Waals surface area (Å²) >= 11 is 0. The van der Waals surface area contributed by atoms with E-state index in [4.69, 9.17) is 4.74 Å². The summed E-state index contributed by atoms with van der Waals surface area (Å²) in [5.74, 6) is -1.90. The summed E-state index contributed by atoms with van der Waals surface area (Å²) < 4.78 is 142. The highest BCUT2D eigenvalue weighted by atomic mass is 32.2. The minimum atomic E-state index is -4.65. The van der Waals surface area contributed by atoms with Gasteiger partial charge >= 0.3 is 0 Å². The van der Waals surface area contributed by atoms with Crippen molar-refractivity contribution in [3.63, 3.8) is 0 Å². The van der Waals surface area contributed by atoms with Gasteiger partial charge in [-0.05, 0) is 94.3 Å². The van der Waals surface area contributed by atoms with E-state index in [0.29, 0.717) is 66.3 Å². The van der Waals surface area contributed by atoms with Crippen molar-refractivity contribution in [3.05, 3.63) is 88.5 Å². The molecule has 0 aromatic heterocycles. The number of allylic oxidation sites excluding steroid dienone is 6. The third-order valence-corrected chi connectivity index (χ3v) is 14.1. The minimum Gasteiger partial charge on any atom is -0.378 e. The lowest BCUT2D eigenvalue weighted by molar-refractivity contribution is -0.441. The molecule has 0 radical (unpaired) electrons. The summed E-state index contributed by atoms with van der Waals surface area (Å²) in [6.45, 7) is 4.47. The molecule has 1 amide bonds. The first-order valence-corrected chi connectivity index (χ1v) is 24.9. The van der Waals surface area contributed by atoms with Gasteiger partial charge in [-0.25, -0.2) is 0 Å². The first-order valence-electron chi connectivity index (χ1n) is 18.8. The average molecular weight is 917 g/mol. The highest BCUT2D eigenvalue weighted by molar-refractivity contribution is 7.86. The van der Waals surface area contributed by atoms with Crippen LogP contribution in [0, 0.1) is 4.91 Å². The van der Waals surface area contributed by atoms with Gasteiger partial charge in [-0.2, -0.15) is 38.2 Å². The lowest BCUT2D eigenvalue weighted by Crippen LogP contribution is -2.32. The SMILES string of the molecule is COCC[N+]1=C(/C=C/C=C/C=C2/N(CCCCCC(=O)N=O)c3ccc(S(=O)(=O)O)cc3C2(C)CCCS(=O)(=O)O)C(C)(CCCS(=O)(=O)O)c2cc(S(=O)(=O)O)ccc21. The fraction of sp³-hybridized carbons (Fsp3) is 0.474. The maximum atomic E-state index is 12.2. The molecule has 60 heavy (non-hydrogen) atoms. The van der Waals surface area contributed by atoms with Gasteiger partial charge in [0.25, 0.3) is 46.4 Å². The van der Waals surface area contributed by atoms with E-state index in [1.807, 2.05) is 9.48 Å². The van der Waals surface area contributed by atoms with Crippen molar-refractivity contribution in [3.8, 4) is 0 Å².